The maximum absolute atomic E-state index is 11.4. The zero-order chi connectivity index (χ0) is 17.6. The molecule has 0 aromatic heterocycles. The maximum atomic E-state index is 11.4. The van der Waals surface area contributed by atoms with Crippen LogP contribution in [0.15, 0.2) is 0 Å². The fraction of sp³-hybridized carbons (Fsp3) is 0.800. The van der Waals surface area contributed by atoms with Crippen LogP contribution in [-0.2, 0) is 19.1 Å². The van der Waals surface area contributed by atoms with Crippen molar-refractivity contribution < 1.29 is 34.4 Å². The van der Waals surface area contributed by atoms with Crippen LogP contribution in [-0.4, -0.2) is 69.0 Å². The molecule has 1 fully saturated rings. The molecule has 1 aliphatic rings. The summed E-state index contributed by atoms with van der Waals surface area (Å²) in [6, 6.07) is -1.87. The minimum atomic E-state index is -1.11. The average Bonchev–Trinajstić information content (AvgIpc) is 2.87. The number of aliphatic carboxylic acids is 3. The smallest absolute Gasteiger partial charge is 0.332 e. The van der Waals surface area contributed by atoms with Crippen LogP contribution < -0.4 is 0 Å². The minimum Gasteiger partial charge on any atom is -0.480 e. The van der Waals surface area contributed by atoms with Crippen LogP contribution in [0.1, 0.15) is 46.0 Å². The molecule has 132 valence electrons. The van der Waals surface area contributed by atoms with Gasteiger partial charge < -0.3 is 20.1 Å². The second kappa shape index (κ2) is 8.83. The number of carboxylic acid groups (broad SMARTS) is 3. The monoisotopic (exact) mass is 331 g/mol. The topological polar surface area (TPSA) is 124 Å². The first-order valence-electron chi connectivity index (χ1n) is 7.91. The van der Waals surface area contributed by atoms with E-state index in [1.165, 1.54) is 4.90 Å². The van der Waals surface area contributed by atoms with Gasteiger partial charge in [-0.2, -0.15) is 0 Å². The molecule has 1 heterocycles. The third-order valence-electron chi connectivity index (χ3n) is 4.02. The number of hydrogen-bond donors (Lipinski definition) is 3. The molecule has 1 aliphatic heterocycles. The highest BCUT2D eigenvalue weighted by Gasteiger charge is 2.44. The Kier molecular flexibility index (Phi) is 7.44. The molecule has 8 heteroatoms. The Morgan fingerprint density at radius 2 is 1.70 bits per heavy atom. The summed E-state index contributed by atoms with van der Waals surface area (Å²) >= 11 is 0. The van der Waals surface area contributed by atoms with Gasteiger partial charge in [-0.05, 0) is 12.8 Å². The number of hydrogen-bond acceptors (Lipinski definition) is 5. The Bertz CT molecular complexity index is 440. The van der Waals surface area contributed by atoms with E-state index in [0.717, 1.165) is 0 Å². The van der Waals surface area contributed by atoms with Crippen LogP contribution in [0, 0.1) is 0 Å². The normalized spacial score (nSPS) is 24.3. The van der Waals surface area contributed by atoms with Crippen molar-refractivity contribution in [3.8, 4) is 0 Å². The fourth-order valence-corrected chi connectivity index (χ4v) is 2.96. The van der Waals surface area contributed by atoms with E-state index in [1.54, 1.807) is 0 Å². The van der Waals surface area contributed by atoms with Gasteiger partial charge in [-0.25, -0.2) is 4.79 Å². The van der Waals surface area contributed by atoms with Gasteiger partial charge in [0, 0.05) is 13.0 Å². The number of ether oxygens (including phenoxy) is 1. The molecule has 0 bridgehead atoms. The predicted molar refractivity (Wildman–Crippen MR) is 80.3 cm³/mol. The highest BCUT2D eigenvalue weighted by molar-refractivity contribution is 5.78. The molecule has 4 unspecified atom stereocenters. The van der Waals surface area contributed by atoms with Gasteiger partial charge in [0.15, 0.2) is 6.10 Å². The third kappa shape index (κ3) is 5.18. The summed E-state index contributed by atoms with van der Waals surface area (Å²) in [6.45, 7) is 3.78. The first kappa shape index (κ1) is 19.4. The van der Waals surface area contributed by atoms with Gasteiger partial charge in [-0.3, -0.25) is 14.5 Å². The Labute approximate surface area is 135 Å². The standard InChI is InChI=1S/C15H25NO7/c1-3-5-10(13(17)18)16-8-9(7-11(16)14(19)20)23-12(6-4-2)15(21)22/h9-12H,3-8H2,1-2H3,(H,17,18)(H,19,20)(H,21,22). The van der Waals surface area contributed by atoms with E-state index in [2.05, 4.69) is 0 Å². The number of likely N-dealkylation sites (tertiary alicyclic amines) is 1. The lowest BCUT2D eigenvalue weighted by atomic mass is 10.1. The second-order valence-electron chi connectivity index (χ2n) is 5.80. The molecular formula is C15H25NO7. The molecule has 1 rings (SSSR count). The SMILES string of the molecule is CCCC(OC1CC(C(=O)O)N(C(CCC)C(=O)O)C1)C(=O)O. The molecular weight excluding hydrogens is 306 g/mol. The summed E-state index contributed by atoms with van der Waals surface area (Å²) in [4.78, 5) is 35.4. The maximum Gasteiger partial charge on any atom is 0.332 e. The van der Waals surface area contributed by atoms with E-state index in [1.807, 2.05) is 13.8 Å². The van der Waals surface area contributed by atoms with Crippen LogP contribution in [0.25, 0.3) is 0 Å². The molecule has 23 heavy (non-hydrogen) atoms. The molecule has 0 aromatic carbocycles. The van der Waals surface area contributed by atoms with Gasteiger partial charge in [0.2, 0.25) is 0 Å². The number of carboxylic acids is 3. The lowest BCUT2D eigenvalue weighted by Gasteiger charge is -2.27. The zero-order valence-corrected chi connectivity index (χ0v) is 13.5. The van der Waals surface area contributed by atoms with Crippen molar-refractivity contribution in [1.82, 2.24) is 4.90 Å². The van der Waals surface area contributed by atoms with Gasteiger partial charge in [0.25, 0.3) is 0 Å². The largest absolute Gasteiger partial charge is 0.480 e. The summed E-state index contributed by atoms with van der Waals surface area (Å²) in [7, 11) is 0. The van der Waals surface area contributed by atoms with E-state index in [4.69, 9.17) is 9.84 Å². The minimum absolute atomic E-state index is 0.0936. The molecule has 0 radical (unpaired) electrons. The first-order valence-corrected chi connectivity index (χ1v) is 7.91. The Morgan fingerprint density at radius 3 is 2.13 bits per heavy atom. The van der Waals surface area contributed by atoms with Crippen LogP contribution in [0.2, 0.25) is 0 Å². The van der Waals surface area contributed by atoms with E-state index >= 15 is 0 Å². The molecule has 0 amide bonds. The molecule has 0 spiro atoms. The molecule has 4 atom stereocenters. The summed E-state index contributed by atoms with van der Waals surface area (Å²) in [6.07, 6.45) is 0.416. The van der Waals surface area contributed by atoms with E-state index in [0.29, 0.717) is 25.7 Å². The third-order valence-corrected chi connectivity index (χ3v) is 4.02. The number of carbonyl (C=O) groups is 3. The van der Waals surface area contributed by atoms with Crippen molar-refractivity contribution in [1.29, 1.82) is 0 Å². The van der Waals surface area contributed by atoms with E-state index in [9.17, 15) is 24.6 Å². The average molecular weight is 331 g/mol. The first-order chi connectivity index (χ1) is 10.8. The van der Waals surface area contributed by atoms with Crippen LogP contribution in [0.3, 0.4) is 0 Å². The molecule has 0 aromatic rings. The highest BCUT2D eigenvalue weighted by atomic mass is 16.5. The van der Waals surface area contributed by atoms with Gasteiger partial charge >= 0.3 is 17.9 Å². The Balaban J connectivity index is 2.86. The van der Waals surface area contributed by atoms with Gasteiger partial charge in [-0.15, -0.1) is 0 Å². The van der Waals surface area contributed by atoms with Gasteiger partial charge in [0.05, 0.1) is 6.10 Å². The van der Waals surface area contributed by atoms with Crippen molar-refractivity contribution in [3.63, 3.8) is 0 Å². The van der Waals surface area contributed by atoms with Crippen molar-refractivity contribution in [2.45, 2.75) is 70.2 Å². The van der Waals surface area contributed by atoms with Crippen molar-refractivity contribution in [3.05, 3.63) is 0 Å². The Hall–Kier alpha value is -1.67. The van der Waals surface area contributed by atoms with Crippen molar-refractivity contribution >= 4 is 17.9 Å². The molecule has 0 aliphatic carbocycles. The van der Waals surface area contributed by atoms with Gasteiger partial charge in [0.1, 0.15) is 12.1 Å². The van der Waals surface area contributed by atoms with Crippen molar-refractivity contribution in [2.75, 3.05) is 6.54 Å². The lowest BCUT2D eigenvalue weighted by Crippen LogP contribution is -2.47. The lowest BCUT2D eigenvalue weighted by molar-refractivity contribution is -0.155. The molecule has 3 N–H and O–H groups in total. The van der Waals surface area contributed by atoms with E-state index in [-0.39, 0.29) is 13.0 Å². The quantitative estimate of drug-likeness (QED) is 0.542. The molecule has 1 saturated heterocycles. The number of nitrogens with zero attached hydrogens (tertiary/aromatic N) is 1. The summed E-state index contributed by atoms with van der Waals surface area (Å²) in [5, 5.41) is 27.8. The van der Waals surface area contributed by atoms with Gasteiger partial charge in [-0.1, -0.05) is 26.7 Å². The number of rotatable bonds is 10. The van der Waals surface area contributed by atoms with Crippen LogP contribution >= 0.6 is 0 Å². The Morgan fingerprint density at radius 1 is 1.09 bits per heavy atom. The van der Waals surface area contributed by atoms with E-state index < -0.39 is 42.2 Å². The predicted octanol–water partition coefficient (Wildman–Crippen LogP) is 1.04. The fourth-order valence-electron chi connectivity index (χ4n) is 2.96. The molecule has 8 nitrogen and oxygen atoms in total. The van der Waals surface area contributed by atoms with Crippen LogP contribution in [0.5, 0.6) is 0 Å². The highest BCUT2D eigenvalue weighted by Crippen LogP contribution is 2.26. The zero-order valence-electron chi connectivity index (χ0n) is 13.5. The summed E-state index contributed by atoms with van der Waals surface area (Å²) < 4.78 is 5.53. The molecule has 0 saturated carbocycles. The van der Waals surface area contributed by atoms with Crippen molar-refractivity contribution in [2.24, 2.45) is 0 Å². The second-order valence-corrected chi connectivity index (χ2v) is 5.80. The summed E-state index contributed by atoms with van der Waals surface area (Å²) in [5.74, 6) is -3.26. The van der Waals surface area contributed by atoms with Crippen LogP contribution in [0.4, 0.5) is 0 Å². The summed E-state index contributed by atoms with van der Waals surface area (Å²) in [5.41, 5.74) is 0.